The third-order valence-corrected chi connectivity index (χ3v) is 4.16. The Morgan fingerprint density at radius 2 is 1.81 bits per heavy atom. The van der Waals surface area contributed by atoms with E-state index in [1.165, 1.54) is 5.56 Å². The van der Waals surface area contributed by atoms with E-state index in [9.17, 15) is 18.4 Å². The monoisotopic (exact) mass is 374 g/mol. The summed E-state index contributed by atoms with van der Waals surface area (Å²) in [6.07, 6.45) is 2.44. The molecule has 4 nitrogen and oxygen atoms in total. The third-order valence-electron chi connectivity index (χ3n) is 4.16. The van der Waals surface area contributed by atoms with Gasteiger partial charge in [0.25, 0.3) is 5.91 Å². The van der Waals surface area contributed by atoms with Crippen LogP contribution in [0, 0.1) is 11.6 Å². The molecule has 0 fully saturated rings. The fraction of sp³-hybridized carbons (Fsp3) is 0.333. The van der Waals surface area contributed by atoms with E-state index in [1.54, 1.807) is 0 Å². The largest absolute Gasteiger partial charge is 0.354 e. The molecule has 2 aromatic carbocycles. The molecule has 144 valence electrons. The highest BCUT2D eigenvalue weighted by atomic mass is 19.1. The summed E-state index contributed by atoms with van der Waals surface area (Å²) in [6, 6.07) is 12.9. The summed E-state index contributed by atoms with van der Waals surface area (Å²) in [7, 11) is 0. The second-order valence-corrected chi connectivity index (χ2v) is 6.48. The highest BCUT2D eigenvalue weighted by Gasteiger charge is 2.12. The smallest absolute Gasteiger partial charge is 0.254 e. The predicted molar refractivity (Wildman–Crippen MR) is 100 cm³/mol. The Morgan fingerprint density at radius 3 is 2.52 bits per heavy atom. The minimum atomic E-state index is -0.905. The van der Waals surface area contributed by atoms with Crippen LogP contribution in [0.4, 0.5) is 8.78 Å². The second kappa shape index (κ2) is 10.4. The van der Waals surface area contributed by atoms with Crippen molar-refractivity contribution in [1.82, 2.24) is 10.6 Å². The van der Waals surface area contributed by atoms with Gasteiger partial charge in [0.1, 0.15) is 11.6 Å². The molecular weight excluding hydrogens is 350 g/mol. The first kappa shape index (κ1) is 20.6. The highest BCUT2D eigenvalue weighted by molar-refractivity contribution is 5.94. The number of benzene rings is 2. The number of aryl methyl sites for hydroxylation is 1. The van der Waals surface area contributed by atoms with Crippen molar-refractivity contribution in [3.63, 3.8) is 0 Å². The molecule has 0 aliphatic rings. The molecule has 0 bridgehead atoms. The second-order valence-electron chi connectivity index (χ2n) is 6.48. The van der Waals surface area contributed by atoms with E-state index in [2.05, 4.69) is 22.8 Å². The topological polar surface area (TPSA) is 58.2 Å². The fourth-order valence-corrected chi connectivity index (χ4v) is 2.67. The van der Waals surface area contributed by atoms with E-state index in [4.69, 9.17) is 0 Å². The van der Waals surface area contributed by atoms with E-state index in [1.807, 2.05) is 25.1 Å². The number of hydrogen-bond donors (Lipinski definition) is 2. The van der Waals surface area contributed by atoms with Crippen molar-refractivity contribution in [3.05, 3.63) is 71.3 Å². The van der Waals surface area contributed by atoms with Crippen LogP contribution in [0.15, 0.2) is 48.5 Å². The number of halogens is 2. The average molecular weight is 374 g/mol. The quantitative estimate of drug-likeness (QED) is 0.659. The molecule has 1 atom stereocenters. The minimum Gasteiger partial charge on any atom is -0.354 e. The highest BCUT2D eigenvalue weighted by Crippen LogP contribution is 2.09. The van der Waals surface area contributed by atoms with E-state index in [0.29, 0.717) is 12.5 Å². The van der Waals surface area contributed by atoms with Crippen LogP contribution < -0.4 is 10.6 Å². The molecule has 2 rings (SSSR count). The summed E-state index contributed by atoms with van der Waals surface area (Å²) in [5, 5.41) is 5.47. The van der Waals surface area contributed by atoms with Gasteiger partial charge in [0.05, 0.1) is 5.56 Å². The molecule has 0 aromatic heterocycles. The van der Waals surface area contributed by atoms with Gasteiger partial charge in [-0.3, -0.25) is 9.59 Å². The summed E-state index contributed by atoms with van der Waals surface area (Å²) >= 11 is 0. The van der Waals surface area contributed by atoms with Crippen molar-refractivity contribution in [2.24, 2.45) is 0 Å². The normalized spacial score (nSPS) is 11.7. The number of amides is 2. The molecule has 2 amide bonds. The van der Waals surface area contributed by atoms with E-state index >= 15 is 0 Å². The molecule has 0 spiro atoms. The maximum Gasteiger partial charge on any atom is 0.254 e. The van der Waals surface area contributed by atoms with Crippen LogP contribution in [0.25, 0.3) is 0 Å². The van der Waals surface area contributed by atoms with E-state index in [0.717, 1.165) is 25.0 Å². The van der Waals surface area contributed by atoms with Crippen LogP contribution >= 0.6 is 0 Å². The molecule has 2 N–H and O–H groups in total. The lowest BCUT2D eigenvalue weighted by atomic mass is 10.1. The van der Waals surface area contributed by atoms with Gasteiger partial charge in [-0.15, -0.1) is 0 Å². The molecule has 0 aliphatic heterocycles. The maximum atomic E-state index is 13.5. The summed E-state index contributed by atoms with van der Waals surface area (Å²) in [4.78, 5) is 23.8. The summed E-state index contributed by atoms with van der Waals surface area (Å²) in [5.41, 5.74) is 1.02. The number of carbonyl (C=O) groups excluding carboxylic acids is 2. The standard InChI is InChI=1S/C21H24F2N2O2/c1-15(9-10-16-6-3-2-4-7-16)25-20(26)8-5-13-24-21(27)18-12-11-17(22)14-19(18)23/h2-4,6-7,11-12,14-15H,5,8-10,13H2,1H3,(H,24,27)(H,25,26). The van der Waals surface area contributed by atoms with Gasteiger partial charge in [-0.1, -0.05) is 30.3 Å². The molecule has 0 aliphatic carbocycles. The Morgan fingerprint density at radius 1 is 1.07 bits per heavy atom. The lowest BCUT2D eigenvalue weighted by molar-refractivity contribution is -0.121. The molecule has 27 heavy (non-hydrogen) atoms. The number of carbonyl (C=O) groups is 2. The van der Waals surface area contributed by atoms with Gasteiger partial charge >= 0.3 is 0 Å². The molecule has 1 unspecified atom stereocenters. The first-order valence-electron chi connectivity index (χ1n) is 9.02. The molecule has 0 heterocycles. The fourth-order valence-electron chi connectivity index (χ4n) is 2.67. The van der Waals surface area contributed by atoms with Crippen molar-refractivity contribution in [3.8, 4) is 0 Å². The minimum absolute atomic E-state index is 0.0561. The van der Waals surface area contributed by atoms with Crippen molar-refractivity contribution >= 4 is 11.8 Å². The number of hydrogen-bond acceptors (Lipinski definition) is 2. The molecule has 2 aromatic rings. The van der Waals surface area contributed by atoms with Crippen LogP contribution in [0.3, 0.4) is 0 Å². The third kappa shape index (κ3) is 7.17. The number of nitrogens with one attached hydrogen (secondary N) is 2. The average Bonchev–Trinajstić information content (AvgIpc) is 2.64. The Kier molecular flexibility index (Phi) is 7.92. The lowest BCUT2D eigenvalue weighted by Crippen LogP contribution is -2.33. The Hall–Kier alpha value is -2.76. The van der Waals surface area contributed by atoms with Crippen molar-refractivity contribution in [2.75, 3.05) is 6.54 Å². The molecule has 6 heteroatoms. The molecular formula is C21H24F2N2O2. The first-order valence-corrected chi connectivity index (χ1v) is 9.02. The zero-order chi connectivity index (χ0) is 19.6. The molecule has 0 radical (unpaired) electrons. The number of rotatable bonds is 9. The van der Waals surface area contributed by atoms with Gasteiger partial charge in [-0.25, -0.2) is 8.78 Å². The Labute approximate surface area is 158 Å². The van der Waals surface area contributed by atoms with Crippen LogP contribution in [0.5, 0.6) is 0 Å². The SMILES string of the molecule is CC(CCc1ccccc1)NC(=O)CCCNC(=O)c1ccc(F)cc1F. The van der Waals surface area contributed by atoms with Gasteiger partial charge in [0.2, 0.25) is 5.91 Å². The van der Waals surface area contributed by atoms with Gasteiger partial charge in [-0.2, -0.15) is 0 Å². The summed E-state index contributed by atoms with van der Waals surface area (Å²) in [6.45, 7) is 2.20. The van der Waals surface area contributed by atoms with Crippen LogP contribution in [-0.2, 0) is 11.2 Å². The van der Waals surface area contributed by atoms with Crippen molar-refractivity contribution < 1.29 is 18.4 Å². The van der Waals surface area contributed by atoms with E-state index < -0.39 is 17.5 Å². The van der Waals surface area contributed by atoms with Gasteiger partial charge in [-0.05, 0) is 43.9 Å². The Bertz CT molecular complexity index is 766. The van der Waals surface area contributed by atoms with Gasteiger partial charge < -0.3 is 10.6 Å². The van der Waals surface area contributed by atoms with Crippen LogP contribution in [0.2, 0.25) is 0 Å². The van der Waals surface area contributed by atoms with Crippen LogP contribution in [0.1, 0.15) is 42.1 Å². The zero-order valence-corrected chi connectivity index (χ0v) is 15.3. The summed E-state index contributed by atoms with van der Waals surface area (Å²) < 4.78 is 26.4. The maximum absolute atomic E-state index is 13.5. The molecule has 0 saturated heterocycles. The zero-order valence-electron chi connectivity index (χ0n) is 15.3. The first-order chi connectivity index (χ1) is 13.0. The predicted octanol–water partition coefficient (Wildman–Crippen LogP) is 3.61. The Balaban J connectivity index is 1.63. The van der Waals surface area contributed by atoms with Crippen LogP contribution in [-0.4, -0.2) is 24.4 Å². The molecule has 0 saturated carbocycles. The van der Waals surface area contributed by atoms with Crippen molar-refractivity contribution in [2.45, 2.75) is 38.6 Å². The van der Waals surface area contributed by atoms with E-state index in [-0.39, 0.29) is 30.5 Å². The van der Waals surface area contributed by atoms with Gasteiger partial charge in [0, 0.05) is 25.1 Å². The summed E-state index contributed by atoms with van der Waals surface area (Å²) in [5.74, 6) is -2.35. The van der Waals surface area contributed by atoms with Gasteiger partial charge in [0.15, 0.2) is 0 Å². The van der Waals surface area contributed by atoms with Crippen molar-refractivity contribution in [1.29, 1.82) is 0 Å². The lowest BCUT2D eigenvalue weighted by Gasteiger charge is -2.14.